The Labute approximate surface area is 146 Å². The number of aromatic nitrogens is 1. The lowest BCUT2D eigenvalue weighted by atomic mass is 10.1. The molecular formula is C18H19N3O3S. The highest BCUT2D eigenvalue weighted by atomic mass is 32.2. The minimum Gasteiger partial charge on any atom is -0.494 e. The topological polar surface area (TPSA) is 109 Å². The van der Waals surface area contributed by atoms with E-state index in [2.05, 4.69) is 9.98 Å². The second-order valence-corrected chi connectivity index (χ2v) is 7.47. The van der Waals surface area contributed by atoms with Gasteiger partial charge in [0, 0.05) is 23.7 Å². The first-order valence-corrected chi connectivity index (χ1v) is 9.32. The van der Waals surface area contributed by atoms with Gasteiger partial charge in [-0.1, -0.05) is 23.8 Å². The van der Waals surface area contributed by atoms with Gasteiger partial charge in [0.05, 0.1) is 10.5 Å². The lowest BCUT2D eigenvalue weighted by molar-refractivity contribution is 0.457. The fourth-order valence-corrected chi connectivity index (χ4v) is 3.15. The van der Waals surface area contributed by atoms with Crippen molar-refractivity contribution in [3.63, 3.8) is 0 Å². The Kier molecular flexibility index (Phi) is 4.61. The third-order valence-electron chi connectivity index (χ3n) is 3.98. The van der Waals surface area contributed by atoms with Crippen LogP contribution in [0.2, 0.25) is 0 Å². The molecule has 0 aliphatic carbocycles. The number of hydrogen-bond acceptors (Lipinski definition) is 4. The molecule has 1 aromatic heterocycles. The number of nitrogens with zero attached hydrogens (tertiary/aromatic N) is 1. The number of H-pyrrole nitrogens is 1. The molecule has 0 atom stereocenters. The number of fused-ring (bicyclic) bond motifs is 1. The third-order valence-corrected chi connectivity index (χ3v) is 4.90. The van der Waals surface area contributed by atoms with E-state index in [1.165, 1.54) is 12.1 Å². The molecule has 130 valence electrons. The molecule has 6 nitrogen and oxygen atoms in total. The maximum absolute atomic E-state index is 11.2. The summed E-state index contributed by atoms with van der Waals surface area (Å²) in [4.78, 5) is 7.40. The average molecular weight is 357 g/mol. The molecule has 0 unspecified atom stereocenters. The van der Waals surface area contributed by atoms with Crippen molar-refractivity contribution >= 4 is 27.1 Å². The van der Waals surface area contributed by atoms with Gasteiger partial charge in [-0.2, -0.15) is 0 Å². The summed E-state index contributed by atoms with van der Waals surface area (Å²) >= 11 is 0. The summed E-state index contributed by atoms with van der Waals surface area (Å²) in [6.07, 6.45) is 2.32. The standard InChI is InChI=1S/C18H19N3O3S/c1-12-2-7-17-15(10-12)16(18(22)21-17)11-20-9-8-13-3-5-14(6-4-13)25(19,23)24/h2-7,10-11,21-22H,8-9H2,1H3,(H2,19,23,24). The van der Waals surface area contributed by atoms with Crippen molar-refractivity contribution in [2.24, 2.45) is 10.1 Å². The van der Waals surface area contributed by atoms with Crippen molar-refractivity contribution in [2.75, 3.05) is 6.54 Å². The predicted octanol–water partition coefficient (Wildman–Crippen LogP) is 2.49. The predicted molar refractivity (Wildman–Crippen MR) is 98.7 cm³/mol. The van der Waals surface area contributed by atoms with Gasteiger partial charge in [-0.25, -0.2) is 13.6 Å². The quantitative estimate of drug-likeness (QED) is 0.610. The number of nitrogens with two attached hydrogens (primary N) is 1. The summed E-state index contributed by atoms with van der Waals surface area (Å²) in [5, 5.41) is 16.0. The fourth-order valence-electron chi connectivity index (χ4n) is 2.64. The van der Waals surface area contributed by atoms with Gasteiger partial charge < -0.3 is 10.1 Å². The third kappa shape index (κ3) is 3.89. The minimum atomic E-state index is -3.66. The van der Waals surface area contributed by atoms with Crippen LogP contribution in [0.3, 0.4) is 0 Å². The first-order valence-electron chi connectivity index (χ1n) is 7.77. The second-order valence-electron chi connectivity index (χ2n) is 5.91. The maximum Gasteiger partial charge on any atom is 0.238 e. The van der Waals surface area contributed by atoms with Gasteiger partial charge >= 0.3 is 0 Å². The van der Waals surface area contributed by atoms with Crippen LogP contribution in [0, 0.1) is 6.92 Å². The summed E-state index contributed by atoms with van der Waals surface area (Å²) in [6, 6.07) is 12.3. The summed E-state index contributed by atoms with van der Waals surface area (Å²) < 4.78 is 22.5. The van der Waals surface area contributed by atoms with Gasteiger partial charge in [-0.05, 0) is 43.2 Å². The van der Waals surface area contributed by atoms with Crippen LogP contribution in [-0.4, -0.2) is 31.3 Å². The second kappa shape index (κ2) is 6.70. The van der Waals surface area contributed by atoms with Gasteiger partial charge in [0.2, 0.25) is 10.0 Å². The Hall–Kier alpha value is -2.64. The van der Waals surface area contributed by atoms with E-state index in [1.807, 2.05) is 25.1 Å². The van der Waals surface area contributed by atoms with Crippen LogP contribution in [0.25, 0.3) is 10.9 Å². The fraction of sp³-hybridized carbons (Fsp3) is 0.167. The number of hydrogen-bond donors (Lipinski definition) is 3. The van der Waals surface area contributed by atoms with E-state index < -0.39 is 10.0 Å². The van der Waals surface area contributed by atoms with Crippen LogP contribution in [0.5, 0.6) is 5.88 Å². The van der Waals surface area contributed by atoms with E-state index in [0.717, 1.165) is 22.0 Å². The van der Waals surface area contributed by atoms with E-state index in [0.29, 0.717) is 18.5 Å². The van der Waals surface area contributed by atoms with Gasteiger partial charge in [-0.15, -0.1) is 0 Å². The van der Waals surface area contributed by atoms with Crippen molar-refractivity contribution in [1.29, 1.82) is 0 Å². The molecule has 2 aromatic carbocycles. The van der Waals surface area contributed by atoms with Gasteiger partial charge in [0.15, 0.2) is 5.88 Å². The van der Waals surface area contributed by atoms with E-state index in [1.54, 1.807) is 18.3 Å². The first-order chi connectivity index (χ1) is 11.8. The number of aromatic amines is 1. The van der Waals surface area contributed by atoms with Crippen molar-refractivity contribution in [3.8, 4) is 5.88 Å². The smallest absolute Gasteiger partial charge is 0.238 e. The number of nitrogens with one attached hydrogen (secondary N) is 1. The van der Waals surface area contributed by atoms with Crippen molar-refractivity contribution in [2.45, 2.75) is 18.2 Å². The molecule has 0 saturated heterocycles. The van der Waals surface area contributed by atoms with Crippen LogP contribution >= 0.6 is 0 Å². The zero-order chi connectivity index (χ0) is 18.0. The maximum atomic E-state index is 11.2. The van der Waals surface area contributed by atoms with Crippen molar-refractivity contribution < 1.29 is 13.5 Å². The Balaban J connectivity index is 1.70. The summed E-state index contributed by atoms with van der Waals surface area (Å²) in [5.74, 6) is 0.0989. The lowest BCUT2D eigenvalue weighted by Crippen LogP contribution is -2.11. The summed E-state index contributed by atoms with van der Waals surface area (Å²) in [6.45, 7) is 2.52. The Morgan fingerprint density at radius 2 is 1.92 bits per heavy atom. The normalized spacial score (nSPS) is 12.2. The number of primary sulfonamides is 1. The molecule has 0 amide bonds. The zero-order valence-corrected chi connectivity index (χ0v) is 14.5. The van der Waals surface area contributed by atoms with E-state index in [-0.39, 0.29) is 10.8 Å². The summed E-state index contributed by atoms with van der Waals surface area (Å²) in [5.41, 5.74) is 3.60. The Bertz CT molecular complexity index is 1040. The molecule has 3 rings (SSSR count). The zero-order valence-electron chi connectivity index (χ0n) is 13.7. The molecule has 7 heteroatoms. The van der Waals surface area contributed by atoms with Gasteiger partial charge in [0.25, 0.3) is 0 Å². The number of rotatable bonds is 5. The average Bonchev–Trinajstić information content (AvgIpc) is 2.86. The Morgan fingerprint density at radius 3 is 2.60 bits per heavy atom. The van der Waals surface area contributed by atoms with Crippen LogP contribution in [0.1, 0.15) is 16.7 Å². The minimum absolute atomic E-state index is 0.0961. The molecule has 0 aliphatic heterocycles. The first kappa shape index (κ1) is 17.2. The Morgan fingerprint density at radius 1 is 1.20 bits per heavy atom. The molecule has 0 saturated carbocycles. The lowest BCUT2D eigenvalue weighted by Gasteiger charge is -2.01. The van der Waals surface area contributed by atoms with Crippen LogP contribution in [-0.2, 0) is 16.4 Å². The van der Waals surface area contributed by atoms with Crippen LogP contribution in [0.4, 0.5) is 0 Å². The molecule has 1 heterocycles. The SMILES string of the molecule is Cc1ccc2[nH]c(O)c(C=NCCc3ccc(S(N)(=O)=O)cc3)c2c1. The highest BCUT2D eigenvalue weighted by Crippen LogP contribution is 2.26. The number of benzene rings is 2. The van der Waals surface area contributed by atoms with Gasteiger partial charge in [0.1, 0.15) is 0 Å². The number of sulfonamides is 1. The number of aryl methyl sites for hydroxylation is 1. The van der Waals surface area contributed by atoms with Crippen LogP contribution < -0.4 is 5.14 Å². The molecule has 25 heavy (non-hydrogen) atoms. The van der Waals surface area contributed by atoms with E-state index >= 15 is 0 Å². The van der Waals surface area contributed by atoms with Crippen LogP contribution in [0.15, 0.2) is 52.4 Å². The number of aliphatic imine (C=N–C) groups is 1. The number of aromatic hydroxyl groups is 1. The molecule has 0 bridgehead atoms. The molecule has 0 fully saturated rings. The molecular weight excluding hydrogens is 338 g/mol. The molecule has 0 spiro atoms. The summed E-state index contributed by atoms with van der Waals surface area (Å²) in [7, 11) is -3.66. The molecule has 0 aliphatic rings. The monoisotopic (exact) mass is 357 g/mol. The highest BCUT2D eigenvalue weighted by Gasteiger charge is 2.09. The molecule has 4 N–H and O–H groups in total. The largest absolute Gasteiger partial charge is 0.494 e. The highest BCUT2D eigenvalue weighted by molar-refractivity contribution is 7.89. The van der Waals surface area contributed by atoms with E-state index in [9.17, 15) is 13.5 Å². The van der Waals surface area contributed by atoms with Crippen molar-refractivity contribution in [1.82, 2.24) is 4.98 Å². The molecule has 0 radical (unpaired) electrons. The van der Waals surface area contributed by atoms with E-state index in [4.69, 9.17) is 5.14 Å². The molecule has 3 aromatic rings. The van der Waals surface area contributed by atoms with Gasteiger partial charge in [-0.3, -0.25) is 4.99 Å². The van der Waals surface area contributed by atoms with Crippen molar-refractivity contribution in [3.05, 3.63) is 59.2 Å².